The van der Waals surface area contributed by atoms with Gasteiger partial charge in [-0.05, 0) is 31.4 Å². The van der Waals surface area contributed by atoms with E-state index < -0.39 is 6.04 Å². The number of nitrogens with zero attached hydrogens (tertiary/aromatic N) is 2. The van der Waals surface area contributed by atoms with Gasteiger partial charge in [-0.25, -0.2) is 0 Å². The van der Waals surface area contributed by atoms with Gasteiger partial charge in [-0.2, -0.15) is 0 Å². The molecule has 0 aromatic heterocycles. The molecule has 0 radical (unpaired) electrons. The second kappa shape index (κ2) is 7.32. The minimum absolute atomic E-state index is 0.0255. The molecule has 6 nitrogen and oxygen atoms in total. The highest BCUT2D eigenvalue weighted by atomic mass is 16.5. The summed E-state index contributed by atoms with van der Waals surface area (Å²) in [5, 5.41) is 0. The minimum atomic E-state index is -0.551. The Labute approximate surface area is 142 Å². The highest BCUT2D eigenvalue weighted by molar-refractivity contribution is 5.89. The van der Waals surface area contributed by atoms with Gasteiger partial charge in [0.2, 0.25) is 11.8 Å². The molecule has 0 spiro atoms. The van der Waals surface area contributed by atoms with Crippen molar-refractivity contribution in [3.8, 4) is 0 Å². The molecule has 24 heavy (non-hydrogen) atoms. The van der Waals surface area contributed by atoms with Gasteiger partial charge in [0.05, 0.1) is 6.61 Å². The summed E-state index contributed by atoms with van der Waals surface area (Å²) in [6.45, 7) is 4.02. The first kappa shape index (κ1) is 16.9. The molecular formula is C18H25N3O3. The Hall–Kier alpha value is -1.92. The van der Waals surface area contributed by atoms with Crippen LogP contribution in [0.2, 0.25) is 0 Å². The Balaban J connectivity index is 1.76. The number of ether oxygens (including phenoxy) is 1. The number of rotatable bonds is 4. The van der Waals surface area contributed by atoms with E-state index in [9.17, 15) is 9.59 Å². The van der Waals surface area contributed by atoms with Crippen molar-refractivity contribution in [1.82, 2.24) is 9.80 Å². The highest BCUT2D eigenvalue weighted by Crippen LogP contribution is 2.25. The normalized spacial score (nSPS) is 27.6. The van der Waals surface area contributed by atoms with Crippen molar-refractivity contribution in [1.29, 1.82) is 0 Å². The van der Waals surface area contributed by atoms with Gasteiger partial charge in [0, 0.05) is 19.1 Å². The number of nitrogens with two attached hydrogens (primary N) is 1. The van der Waals surface area contributed by atoms with Crippen LogP contribution in [0.15, 0.2) is 30.3 Å². The predicted molar refractivity (Wildman–Crippen MR) is 89.9 cm³/mol. The van der Waals surface area contributed by atoms with Crippen molar-refractivity contribution in [3.63, 3.8) is 0 Å². The third-order valence-electron chi connectivity index (χ3n) is 4.96. The number of amides is 2. The molecule has 2 heterocycles. The Morgan fingerprint density at radius 2 is 2.08 bits per heavy atom. The first-order valence-corrected chi connectivity index (χ1v) is 8.51. The quantitative estimate of drug-likeness (QED) is 0.877. The maximum Gasteiger partial charge on any atom is 0.249 e. The molecule has 1 aromatic carbocycles. The summed E-state index contributed by atoms with van der Waals surface area (Å²) in [7, 11) is 0. The van der Waals surface area contributed by atoms with Crippen LogP contribution in [0.3, 0.4) is 0 Å². The van der Waals surface area contributed by atoms with Crippen LogP contribution in [0.5, 0.6) is 0 Å². The van der Waals surface area contributed by atoms with E-state index in [0.29, 0.717) is 25.6 Å². The Morgan fingerprint density at radius 1 is 1.33 bits per heavy atom. The fourth-order valence-corrected chi connectivity index (χ4v) is 3.60. The number of hydrogen-bond donors (Lipinski definition) is 1. The van der Waals surface area contributed by atoms with E-state index in [-0.39, 0.29) is 31.1 Å². The molecule has 3 rings (SSSR count). The van der Waals surface area contributed by atoms with Crippen LogP contribution in [-0.4, -0.2) is 60.0 Å². The van der Waals surface area contributed by atoms with Gasteiger partial charge >= 0.3 is 0 Å². The summed E-state index contributed by atoms with van der Waals surface area (Å²) < 4.78 is 5.37. The van der Waals surface area contributed by atoms with Gasteiger partial charge < -0.3 is 20.3 Å². The average Bonchev–Trinajstić information content (AvgIpc) is 2.98. The monoisotopic (exact) mass is 331 g/mol. The third-order valence-corrected chi connectivity index (χ3v) is 4.96. The summed E-state index contributed by atoms with van der Waals surface area (Å²) in [6.07, 6.45) is 0.919. The lowest BCUT2D eigenvalue weighted by Crippen LogP contribution is -2.57. The zero-order chi connectivity index (χ0) is 17.1. The standard InChI is InChI=1S/C18H25N3O3/c1-13-7-15(8-19)10-20(13)18(23)16-11-24-12-17(22)21(16)9-14-5-3-2-4-6-14/h2-6,13,15-16H,7-12,19H2,1H3/t13?,15?,16-/m1/s1. The van der Waals surface area contributed by atoms with E-state index in [1.165, 1.54) is 0 Å². The lowest BCUT2D eigenvalue weighted by atomic mass is 10.1. The number of carbonyl (C=O) groups excluding carboxylic acids is 2. The number of hydrogen-bond acceptors (Lipinski definition) is 4. The van der Waals surface area contributed by atoms with Crippen LogP contribution in [0, 0.1) is 5.92 Å². The van der Waals surface area contributed by atoms with Crippen molar-refractivity contribution in [3.05, 3.63) is 35.9 Å². The molecule has 2 aliphatic heterocycles. The SMILES string of the molecule is CC1CC(CN)CN1C(=O)[C@H]1COCC(=O)N1Cc1ccccc1. The van der Waals surface area contributed by atoms with E-state index in [1.807, 2.05) is 42.2 Å². The lowest BCUT2D eigenvalue weighted by Gasteiger charge is -2.37. The smallest absolute Gasteiger partial charge is 0.249 e. The Kier molecular flexibility index (Phi) is 5.16. The minimum Gasteiger partial charge on any atom is -0.369 e. The molecule has 2 saturated heterocycles. The molecule has 0 bridgehead atoms. The van der Waals surface area contributed by atoms with E-state index in [2.05, 4.69) is 0 Å². The number of likely N-dealkylation sites (tertiary alicyclic amines) is 1. The number of morpholine rings is 1. The first-order valence-electron chi connectivity index (χ1n) is 8.51. The number of carbonyl (C=O) groups is 2. The fourth-order valence-electron chi connectivity index (χ4n) is 3.60. The van der Waals surface area contributed by atoms with E-state index in [0.717, 1.165) is 12.0 Å². The van der Waals surface area contributed by atoms with Gasteiger partial charge in [0.15, 0.2) is 0 Å². The summed E-state index contributed by atoms with van der Waals surface area (Å²) in [4.78, 5) is 28.9. The zero-order valence-electron chi connectivity index (χ0n) is 14.1. The van der Waals surface area contributed by atoms with Crippen molar-refractivity contribution in [2.45, 2.75) is 32.0 Å². The number of benzene rings is 1. The second-order valence-corrected chi connectivity index (χ2v) is 6.72. The van der Waals surface area contributed by atoms with Gasteiger partial charge in [-0.3, -0.25) is 9.59 Å². The van der Waals surface area contributed by atoms with Crippen molar-refractivity contribution in [2.75, 3.05) is 26.3 Å². The maximum absolute atomic E-state index is 13.0. The zero-order valence-corrected chi connectivity index (χ0v) is 14.1. The molecule has 1 aromatic rings. The Morgan fingerprint density at radius 3 is 2.75 bits per heavy atom. The van der Waals surface area contributed by atoms with E-state index in [1.54, 1.807) is 4.90 Å². The molecule has 3 atom stereocenters. The van der Waals surface area contributed by atoms with Crippen molar-refractivity contribution in [2.24, 2.45) is 11.7 Å². The topological polar surface area (TPSA) is 75.9 Å². The van der Waals surface area contributed by atoms with E-state index in [4.69, 9.17) is 10.5 Å². The predicted octanol–water partition coefficient (Wildman–Crippen LogP) is 0.610. The summed E-state index contributed by atoms with van der Waals surface area (Å²) in [5.74, 6) is 0.180. The van der Waals surface area contributed by atoms with Crippen molar-refractivity contribution < 1.29 is 14.3 Å². The first-order chi connectivity index (χ1) is 11.6. The van der Waals surface area contributed by atoms with Gasteiger partial charge in [-0.1, -0.05) is 30.3 Å². The summed E-state index contributed by atoms with van der Waals surface area (Å²) >= 11 is 0. The van der Waals surface area contributed by atoms with Crippen LogP contribution in [-0.2, 0) is 20.9 Å². The Bertz CT molecular complexity index is 592. The fraction of sp³-hybridized carbons (Fsp3) is 0.556. The van der Waals surface area contributed by atoms with E-state index >= 15 is 0 Å². The van der Waals surface area contributed by atoms with Gasteiger partial charge in [-0.15, -0.1) is 0 Å². The van der Waals surface area contributed by atoms with Crippen LogP contribution >= 0.6 is 0 Å². The van der Waals surface area contributed by atoms with Crippen molar-refractivity contribution >= 4 is 11.8 Å². The molecule has 130 valence electrons. The molecule has 2 N–H and O–H groups in total. The molecular weight excluding hydrogens is 306 g/mol. The molecule has 6 heteroatoms. The summed E-state index contributed by atoms with van der Waals surface area (Å²) in [5.41, 5.74) is 6.77. The van der Waals surface area contributed by atoms with Crippen LogP contribution in [0.1, 0.15) is 18.9 Å². The molecule has 0 saturated carbocycles. The average molecular weight is 331 g/mol. The molecule has 2 amide bonds. The third kappa shape index (κ3) is 3.44. The maximum atomic E-state index is 13.0. The molecule has 2 aliphatic rings. The molecule has 0 aliphatic carbocycles. The molecule has 2 unspecified atom stereocenters. The van der Waals surface area contributed by atoms with Crippen LogP contribution < -0.4 is 5.73 Å². The van der Waals surface area contributed by atoms with Gasteiger partial charge in [0.1, 0.15) is 12.6 Å². The van der Waals surface area contributed by atoms with Crippen LogP contribution in [0.4, 0.5) is 0 Å². The highest BCUT2D eigenvalue weighted by Gasteiger charge is 2.40. The van der Waals surface area contributed by atoms with Crippen LogP contribution in [0.25, 0.3) is 0 Å². The summed E-state index contributed by atoms with van der Waals surface area (Å²) in [6, 6.07) is 9.34. The lowest BCUT2D eigenvalue weighted by molar-refractivity contribution is -0.160. The second-order valence-electron chi connectivity index (χ2n) is 6.72. The van der Waals surface area contributed by atoms with Gasteiger partial charge in [0.25, 0.3) is 0 Å². The largest absolute Gasteiger partial charge is 0.369 e. The molecule has 2 fully saturated rings.